The van der Waals surface area contributed by atoms with Gasteiger partial charge in [0.1, 0.15) is 0 Å². The third kappa shape index (κ3) is 3.98. The normalized spacial score (nSPS) is 22.3. The van der Waals surface area contributed by atoms with Gasteiger partial charge in [-0.05, 0) is 63.8 Å². The van der Waals surface area contributed by atoms with Crippen molar-refractivity contribution < 1.29 is 4.79 Å². The summed E-state index contributed by atoms with van der Waals surface area (Å²) >= 11 is 0. The highest BCUT2D eigenvalue weighted by atomic mass is 16.2. The molecule has 2 fully saturated rings. The quantitative estimate of drug-likeness (QED) is 0.660. The summed E-state index contributed by atoms with van der Waals surface area (Å²) < 4.78 is 2.03. The SMILES string of the molecule is C=CCn1nc(C(=O)N2CCCC2)c2c1CCC(N(CCC)CC1CC1)C2. The number of carbonyl (C=O) groups excluding carboxylic acids is 1. The number of fused-ring (bicyclic) bond motifs is 1. The zero-order valence-corrected chi connectivity index (χ0v) is 16.8. The smallest absolute Gasteiger partial charge is 0.274 e. The summed E-state index contributed by atoms with van der Waals surface area (Å²) in [5, 5.41) is 4.77. The van der Waals surface area contributed by atoms with E-state index < -0.39 is 0 Å². The molecule has 4 rings (SSSR count). The molecule has 2 aliphatic carbocycles. The van der Waals surface area contributed by atoms with Crippen LogP contribution in [0.4, 0.5) is 0 Å². The van der Waals surface area contributed by atoms with Crippen LogP contribution in [0.25, 0.3) is 0 Å². The Balaban J connectivity index is 1.59. The summed E-state index contributed by atoms with van der Waals surface area (Å²) in [5.41, 5.74) is 3.22. The molecule has 3 aliphatic rings. The van der Waals surface area contributed by atoms with Gasteiger partial charge in [0.05, 0.1) is 6.54 Å². The number of nitrogens with zero attached hydrogens (tertiary/aromatic N) is 4. The number of amides is 1. The van der Waals surface area contributed by atoms with Crippen molar-refractivity contribution in [3.05, 3.63) is 29.6 Å². The summed E-state index contributed by atoms with van der Waals surface area (Å²) in [6.07, 6.45) is 11.3. The van der Waals surface area contributed by atoms with E-state index in [1.807, 2.05) is 15.7 Å². The van der Waals surface area contributed by atoms with Crippen molar-refractivity contribution in [3.63, 3.8) is 0 Å². The molecule has 1 aromatic rings. The zero-order valence-electron chi connectivity index (χ0n) is 16.8. The van der Waals surface area contributed by atoms with Crippen molar-refractivity contribution in [1.82, 2.24) is 19.6 Å². The lowest BCUT2D eigenvalue weighted by Crippen LogP contribution is -2.41. The van der Waals surface area contributed by atoms with Crippen LogP contribution in [-0.4, -0.2) is 57.7 Å². The monoisotopic (exact) mass is 370 g/mol. The van der Waals surface area contributed by atoms with Gasteiger partial charge in [-0.1, -0.05) is 13.0 Å². The fraction of sp³-hybridized carbons (Fsp3) is 0.727. The lowest BCUT2D eigenvalue weighted by molar-refractivity contribution is 0.0784. The lowest BCUT2D eigenvalue weighted by atomic mass is 9.89. The van der Waals surface area contributed by atoms with Crippen LogP contribution in [0.1, 0.15) is 67.2 Å². The molecule has 0 spiro atoms. The Labute approximate surface area is 163 Å². The minimum absolute atomic E-state index is 0.149. The van der Waals surface area contributed by atoms with E-state index in [9.17, 15) is 4.79 Å². The summed E-state index contributed by atoms with van der Waals surface area (Å²) in [7, 11) is 0. The first-order valence-corrected chi connectivity index (χ1v) is 10.9. The van der Waals surface area contributed by atoms with E-state index in [-0.39, 0.29) is 5.91 Å². The molecular weight excluding hydrogens is 336 g/mol. The van der Waals surface area contributed by atoms with Crippen molar-refractivity contribution in [1.29, 1.82) is 0 Å². The molecule has 1 aromatic heterocycles. The van der Waals surface area contributed by atoms with E-state index in [0.717, 1.165) is 50.4 Å². The number of likely N-dealkylation sites (tertiary alicyclic amines) is 1. The molecule has 0 aromatic carbocycles. The molecular formula is C22H34N4O. The lowest BCUT2D eigenvalue weighted by Gasteiger charge is -2.34. The number of rotatable bonds is 8. The van der Waals surface area contributed by atoms with Gasteiger partial charge in [0.2, 0.25) is 0 Å². The molecule has 5 heteroatoms. The van der Waals surface area contributed by atoms with Crippen molar-refractivity contribution in [3.8, 4) is 0 Å². The van der Waals surface area contributed by atoms with Gasteiger partial charge in [0, 0.05) is 36.9 Å². The molecule has 0 radical (unpaired) electrons. The molecule has 1 saturated carbocycles. The Morgan fingerprint density at radius 1 is 1.30 bits per heavy atom. The minimum atomic E-state index is 0.149. The van der Waals surface area contributed by atoms with Gasteiger partial charge in [-0.15, -0.1) is 6.58 Å². The van der Waals surface area contributed by atoms with E-state index in [0.29, 0.717) is 12.6 Å². The van der Waals surface area contributed by atoms with E-state index in [4.69, 9.17) is 5.10 Å². The third-order valence-corrected chi connectivity index (χ3v) is 6.44. The van der Waals surface area contributed by atoms with Crippen LogP contribution in [0, 0.1) is 5.92 Å². The number of carbonyl (C=O) groups is 1. The second-order valence-corrected chi connectivity index (χ2v) is 8.58. The molecule has 5 nitrogen and oxygen atoms in total. The summed E-state index contributed by atoms with van der Waals surface area (Å²) in [6, 6.07) is 0.560. The molecule has 148 valence electrons. The number of aromatic nitrogens is 2. The topological polar surface area (TPSA) is 41.4 Å². The van der Waals surface area contributed by atoms with Crippen LogP contribution in [0.2, 0.25) is 0 Å². The van der Waals surface area contributed by atoms with Crippen LogP contribution < -0.4 is 0 Å². The average Bonchev–Trinajstić information content (AvgIpc) is 3.19. The standard InChI is InChI=1S/C22H34N4O/c1-3-11-25(16-17-7-8-17)18-9-10-20-19(15-18)21(23-26(20)12-4-2)22(27)24-13-5-6-14-24/h4,17-18H,2-3,5-16H2,1H3. The molecule has 1 atom stereocenters. The van der Waals surface area contributed by atoms with Crippen LogP contribution in [-0.2, 0) is 19.4 Å². The molecule has 2 heterocycles. The van der Waals surface area contributed by atoms with Crippen molar-refractivity contribution in [2.45, 2.75) is 70.9 Å². The van der Waals surface area contributed by atoms with E-state index in [1.54, 1.807) is 0 Å². The fourth-order valence-corrected chi connectivity index (χ4v) is 4.84. The third-order valence-electron chi connectivity index (χ3n) is 6.44. The first-order valence-electron chi connectivity index (χ1n) is 10.9. The summed E-state index contributed by atoms with van der Waals surface area (Å²) in [5.74, 6) is 1.06. The van der Waals surface area contributed by atoms with E-state index in [2.05, 4.69) is 18.4 Å². The second kappa shape index (κ2) is 8.17. The highest BCUT2D eigenvalue weighted by molar-refractivity contribution is 5.94. The fourth-order valence-electron chi connectivity index (χ4n) is 4.84. The molecule has 1 aliphatic heterocycles. The van der Waals surface area contributed by atoms with Crippen LogP contribution in [0.3, 0.4) is 0 Å². The van der Waals surface area contributed by atoms with E-state index in [1.165, 1.54) is 50.0 Å². The number of allylic oxidation sites excluding steroid dienone is 1. The number of hydrogen-bond donors (Lipinski definition) is 0. The van der Waals surface area contributed by atoms with Gasteiger partial charge in [0.15, 0.2) is 5.69 Å². The maximum absolute atomic E-state index is 13.1. The highest BCUT2D eigenvalue weighted by Gasteiger charge is 2.35. The van der Waals surface area contributed by atoms with Gasteiger partial charge in [-0.2, -0.15) is 5.10 Å². The average molecular weight is 371 g/mol. The van der Waals surface area contributed by atoms with Crippen LogP contribution in [0.15, 0.2) is 12.7 Å². The predicted molar refractivity (Wildman–Crippen MR) is 108 cm³/mol. The maximum atomic E-state index is 13.1. The Kier molecular flexibility index (Phi) is 5.67. The highest BCUT2D eigenvalue weighted by Crippen LogP contribution is 2.34. The molecule has 0 bridgehead atoms. The Morgan fingerprint density at radius 2 is 2.07 bits per heavy atom. The first-order chi connectivity index (χ1) is 13.2. The van der Waals surface area contributed by atoms with Gasteiger partial charge in [-0.25, -0.2) is 0 Å². The van der Waals surface area contributed by atoms with Crippen molar-refractivity contribution in [2.75, 3.05) is 26.2 Å². The van der Waals surface area contributed by atoms with Gasteiger partial charge >= 0.3 is 0 Å². The van der Waals surface area contributed by atoms with Gasteiger partial charge in [-0.3, -0.25) is 14.4 Å². The molecule has 1 unspecified atom stereocenters. The van der Waals surface area contributed by atoms with Gasteiger partial charge in [0.25, 0.3) is 5.91 Å². The molecule has 27 heavy (non-hydrogen) atoms. The van der Waals surface area contributed by atoms with Gasteiger partial charge < -0.3 is 4.90 Å². The Bertz CT molecular complexity index is 685. The van der Waals surface area contributed by atoms with Crippen molar-refractivity contribution >= 4 is 5.91 Å². The number of hydrogen-bond acceptors (Lipinski definition) is 3. The first kappa shape index (κ1) is 18.7. The van der Waals surface area contributed by atoms with Crippen molar-refractivity contribution in [2.24, 2.45) is 5.92 Å². The predicted octanol–water partition coefficient (Wildman–Crippen LogP) is 3.28. The maximum Gasteiger partial charge on any atom is 0.274 e. The van der Waals surface area contributed by atoms with Crippen LogP contribution in [0.5, 0.6) is 0 Å². The summed E-state index contributed by atoms with van der Waals surface area (Å²) in [4.78, 5) is 17.8. The van der Waals surface area contributed by atoms with Crippen LogP contribution >= 0.6 is 0 Å². The molecule has 0 N–H and O–H groups in total. The van der Waals surface area contributed by atoms with E-state index >= 15 is 0 Å². The zero-order chi connectivity index (χ0) is 18.8. The Hall–Kier alpha value is -1.62. The second-order valence-electron chi connectivity index (χ2n) is 8.58. The molecule has 1 amide bonds. The Morgan fingerprint density at radius 3 is 2.74 bits per heavy atom. The summed E-state index contributed by atoms with van der Waals surface area (Å²) in [6.45, 7) is 11.0. The minimum Gasteiger partial charge on any atom is -0.337 e. The largest absolute Gasteiger partial charge is 0.337 e. The molecule has 1 saturated heterocycles.